The molecule has 9 aromatic carbocycles. The highest BCUT2D eigenvalue weighted by atomic mass is 16.3. The number of furan rings is 1. The van der Waals surface area contributed by atoms with Crippen LogP contribution < -0.4 is 0 Å². The zero-order chi connectivity index (χ0) is 44.3. The Hall–Kier alpha value is -6.44. The second-order valence-corrected chi connectivity index (χ2v) is 12.3. The van der Waals surface area contributed by atoms with Crippen LogP contribution in [0.5, 0.6) is 0 Å². The summed E-state index contributed by atoms with van der Waals surface area (Å²) in [5, 5.41) is 3.82. The van der Waals surface area contributed by atoms with Crippen molar-refractivity contribution < 1.29 is 22.2 Å². The summed E-state index contributed by atoms with van der Waals surface area (Å²) in [4.78, 5) is 0. The highest BCUT2D eigenvalue weighted by Crippen LogP contribution is 2.42. The number of hydrogen-bond acceptors (Lipinski definition) is 1. The maximum absolute atomic E-state index is 9.29. The number of fused-ring (bicyclic) bond motifs is 6. The molecule has 0 fully saturated rings. The smallest absolute Gasteiger partial charge is 0.136 e. The van der Waals surface area contributed by atoms with Crippen LogP contribution in [0.15, 0.2) is 186 Å². The van der Waals surface area contributed by atoms with Gasteiger partial charge in [-0.2, -0.15) is 0 Å². The Kier molecular flexibility index (Phi) is 4.26. The molecular weight excluding hydrogens is 605 g/mol. The Balaban J connectivity index is 1.21. The summed E-state index contributed by atoms with van der Waals surface area (Å²) < 4.78 is 121. The van der Waals surface area contributed by atoms with Crippen LogP contribution in [0.2, 0.25) is 0 Å². The lowest BCUT2D eigenvalue weighted by atomic mass is 9.86. The molecule has 234 valence electrons. The van der Waals surface area contributed by atoms with Gasteiger partial charge in [0, 0.05) is 10.8 Å². The molecule has 1 nitrogen and oxygen atoms in total. The Labute approximate surface area is 308 Å². The number of rotatable bonds is 5. The van der Waals surface area contributed by atoms with E-state index in [1.165, 1.54) is 0 Å². The van der Waals surface area contributed by atoms with E-state index >= 15 is 0 Å². The molecule has 0 radical (unpaired) electrons. The quantitative estimate of drug-likeness (QED) is 0.169. The third kappa shape index (κ3) is 4.70. The van der Waals surface area contributed by atoms with Crippen molar-refractivity contribution in [3.63, 3.8) is 0 Å². The van der Waals surface area contributed by atoms with Crippen molar-refractivity contribution in [3.8, 4) is 33.4 Å². The van der Waals surface area contributed by atoms with Gasteiger partial charge in [-0.1, -0.05) is 151 Å². The summed E-state index contributed by atoms with van der Waals surface area (Å²) in [5.74, 6) is 0. The van der Waals surface area contributed by atoms with E-state index in [4.69, 9.17) is 16.8 Å². The second kappa shape index (κ2) is 11.6. The highest BCUT2D eigenvalue weighted by molar-refractivity contribution is 6.15. The van der Waals surface area contributed by atoms with Crippen molar-refractivity contribution in [2.24, 2.45) is 0 Å². The van der Waals surface area contributed by atoms with E-state index in [0.29, 0.717) is 22.3 Å². The van der Waals surface area contributed by atoms with Gasteiger partial charge < -0.3 is 4.42 Å². The molecule has 0 aliphatic heterocycles. The molecule has 50 heavy (non-hydrogen) atoms. The van der Waals surface area contributed by atoms with Gasteiger partial charge >= 0.3 is 0 Å². The van der Waals surface area contributed by atoms with Crippen LogP contribution in [0.3, 0.4) is 0 Å². The summed E-state index contributed by atoms with van der Waals surface area (Å²) in [6.45, 7) is 0. The molecule has 0 saturated heterocycles. The minimum atomic E-state index is -0.617. The van der Waals surface area contributed by atoms with Crippen molar-refractivity contribution >= 4 is 54.3 Å². The van der Waals surface area contributed by atoms with Crippen molar-refractivity contribution in [3.05, 3.63) is 193 Å². The molecular formula is C49H32O. The van der Waals surface area contributed by atoms with Crippen molar-refractivity contribution in [2.45, 2.75) is 6.42 Å². The first kappa shape index (κ1) is 18.4. The Morgan fingerprint density at radius 3 is 1.90 bits per heavy atom. The summed E-state index contributed by atoms with van der Waals surface area (Å²) in [6.07, 6.45) is -0.491. The fourth-order valence-electron chi connectivity index (χ4n) is 7.16. The minimum Gasteiger partial charge on any atom is -0.456 e. The maximum Gasteiger partial charge on any atom is 0.136 e. The lowest BCUT2D eigenvalue weighted by molar-refractivity contribution is 0.669. The second-order valence-electron chi connectivity index (χ2n) is 12.3. The standard InChI is InChI=1S/C49H32O/c1-2-12-32(13-3-1)28-45-40-19-6-8-21-43(40)49(44-22-9-7-20-41(44)45)37-17-10-16-34(29-37)35-25-27-47-46(30-35)42-26-24-36(31-48(42)50-47)39-23-11-15-33-14-4-5-18-38(33)39/h1-27,29-31H,28H2/i1D,2D,3D,6D,7D,8D,9D,12D,13D,19D,20D,21D,22D. The third-order valence-electron chi connectivity index (χ3n) is 9.44. The molecule has 0 unspecified atom stereocenters. The van der Waals surface area contributed by atoms with Gasteiger partial charge in [-0.15, -0.1) is 0 Å². The molecule has 1 aromatic heterocycles. The lowest BCUT2D eigenvalue weighted by Crippen LogP contribution is -1.95. The molecule has 0 atom stereocenters. The third-order valence-corrected chi connectivity index (χ3v) is 9.44. The first-order valence-corrected chi connectivity index (χ1v) is 16.2. The first-order valence-electron chi connectivity index (χ1n) is 22.7. The van der Waals surface area contributed by atoms with Crippen LogP contribution in [0.1, 0.15) is 28.9 Å². The number of benzene rings is 9. The zero-order valence-corrected chi connectivity index (χ0v) is 26.4. The van der Waals surface area contributed by atoms with Crippen LogP contribution in [-0.2, 0) is 6.42 Å². The molecule has 0 aliphatic carbocycles. The van der Waals surface area contributed by atoms with E-state index < -0.39 is 85.0 Å². The molecule has 10 aromatic rings. The monoisotopic (exact) mass is 649 g/mol. The Bertz CT molecular complexity index is 3530. The van der Waals surface area contributed by atoms with E-state index in [2.05, 4.69) is 30.3 Å². The van der Waals surface area contributed by atoms with Crippen molar-refractivity contribution in [1.82, 2.24) is 0 Å². The molecule has 0 N–H and O–H groups in total. The molecule has 0 saturated carbocycles. The first-order chi connectivity index (χ1) is 30.2. The molecule has 0 spiro atoms. The van der Waals surface area contributed by atoms with Crippen LogP contribution in [-0.4, -0.2) is 0 Å². The fraction of sp³-hybridized carbons (Fsp3) is 0.0204. The SMILES string of the molecule is [2H]c1c([2H])c([2H])c(Cc2c3c([2H])c([2H])c([2H])c([2H])c3c(-c3cccc(-c4ccc5oc6cc(-c7cccc8ccccc78)ccc6c5c4)c3)c3c([2H])c([2H])c([2H])c([2H])c23)c([2H])c1[2H]. The molecule has 0 aliphatic rings. The maximum atomic E-state index is 9.29. The highest BCUT2D eigenvalue weighted by Gasteiger charge is 2.17. The van der Waals surface area contributed by atoms with Gasteiger partial charge in [0.25, 0.3) is 0 Å². The summed E-state index contributed by atoms with van der Waals surface area (Å²) in [5.41, 5.74) is 5.34. The average Bonchev–Trinajstić information content (AvgIpc) is 3.67. The van der Waals surface area contributed by atoms with E-state index in [0.717, 1.165) is 38.2 Å². The van der Waals surface area contributed by atoms with Crippen LogP contribution in [0, 0.1) is 0 Å². The Morgan fingerprint density at radius 1 is 0.420 bits per heavy atom. The Morgan fingerprint density at radius 2 is 1.08 bits per heavy atom. The van der Waals surface area contributed by atoms with Crippen molar-refractivity contribution in [1.29, 1.82) is 0 Å². The van der Waals surface area contributed by atoms with Crippen LogP contribution >= 0.6 is 0 Å². The molecule has 0 amide bonds. The largest absolute Gasteiger partial charge is 0.456 e. The lowest BCUT2D eigenvalue weighted by Gasteiger charge is -2.18. The van der Waals surface area contributed by atoms with Gasteiger partial charge in [-0.25, -0.2) is 0 Å². The van der Waals surface area contributed by atoms with Gasteiger partial charge in [0.15, 0.2) is 0 Å². The fourth-order valence-corrected chi connectivity index (χ4v) is 7.16. The van der Waals surface area contributed by atoms with Gasteiger partial charge in [-0.05, 0) is 114 Å². The summed E-state index contributed by atoms with van der Waals surface area (Å²) >= 11 is 0. The van der Waals surface area contributed by atoms with E-state index in [1.807, 2.05) is 60.7 Å². The van der Waals surface area contributed by atoms with Gasteiger partial charge in [-0.3, -0.25) is 0 Å². The molecule has 1 heteroatoms. The zero-order valence-electron chi connectivity index (χ0n) is 39.4. The van der Waals surface area contributed by atoms with E-state index in [-0.39, 0.29) is 38.2 Å². The van der Waals surface area contributed by atoms with E-state index in [1.54, 1.807) is 12.1 Å². The molecule has 10 rings (SSSR count). The predicted octanol–water partition coefficient (Wildman–Crippen LogP) is 13.6. The minimum absolute atomic E-state index is 0.0154. The average molecular weight is 650 g/mol. The summed E-state index contributed by atoms with van der Waals surface area (Å²) in [7, 11) is 0. The predicted molar refractivity (Wildman–Crippen MR) is 212 cm³/mol. The molecule has 1 heterocycles. The van der Waals surface area contributed by atoms with Crippen LogP contribution in [0.25, 0.3) is 87.6 Å². The van der Waals surface area contributed by atoms with Crippen molar-refractivity contribution in [2.75, 3.05) is 0 Å². The van der Waals surface area contributed by atoms with E-state index in [9.17, 15) is 5.48 Å². The van der Waals surface area contributed by atoms with Gasteiger partial charge in [0.1, 0.15) is 11.2 Å². The molecule has 0 bridgehead atoms. The van der Waals surface area contributed by atoms with Gasteiger partial charge in [0.2, 0.25) is 0 Å². The number of hydrogen-bond donors (Lipinski definition) is 0. The topological polar surface area (TPSA) is 13.1 Å². The van der Waals surface area contributed by atoms with Crippen LogP contribution in [0.4, 0.5) is 0 Å². The summed E-state index contributed by atoms with van der Waals surface area (Å²) in [6, 6.07) is 26.4. The normalized spacial score (nSPS) is 15.3. The van der Waals surface area contributed by atoms with Gasteiger partial charge in [0.05, 0.1) is 17.8 Å².